The number of halogens is 1. The first-order valence-electron chi connectivity index (χ1n) is 6.92. The maximum absolute atomic E-state index is 12.4. The molecule has 0 saturated carbocycles. The molecule has 0 saturated heterocycles. The second-order valence-corrected chi connectivity index (χ2v) is 5.92. The molecule has 120 valence electrons. The average molecular weight is 380 g/mol. The number of carbonyl (C=O) groups excluding carboxylic acids is 2. The van der Waals surface area contributed by atoms with Gasteiger partial charge in [0.25, 0.3) is 11.8 Å². The normalized spacial score (nSPS) is 13.0. The zero-order valence-corrected chi connectivity index (χ0v) is 13.9. The summed E-state index contributed by atoms with van der Waals surface area (Å²) in [7, 11) is 1.78. The molecule has 1 aliphatic rings. The van der Waals surface area contributed by atoms with Gasteiger partial charge in [-0.25, -0.2) is 4.98 Å². The van der Waals surface area contributed by atoms with Crippen LogP contribution in [0.15, 0.2) is 22.9 Å². The third kappa shape index (κ3) is 3.50. The number of carbonyl (C=O) groups is 2. The van der Waals surface area contributed by atoms with Crippen molar-refractivity contribution in [3.8, 4) is 5.75 Å². The van der Waals surface area contributed by atoms with Gasteiger partial charge < -0.3 is 15.4 Å². The van der Waals surface area contributed by atoms with Crippen LogP contribution in [-0.4, -0.2) is 39.7 Å². The second kappa shape index (κ2) is 6.37. The molecule has 1 aromatic carbocycles. The molecule has 23 heavy (non-hydrogen) atoms. The van der Waals surface area contributed by atoms with Gasteiger partial charge in [-0.15, -0.1) is 0 Å². The van der Waals surface area contributed by atoms with Crippen molar-refractivity contribution in [3.63, 3.8) is 0 Å². The summed E-state index contributed by atoms with van der Waals surface area (Å²) in [5, 5.41) is 9.61. The Morgan fingerprint density at radius 3 is 3.09 bits per heavy atom. The Labute approximate surface area is 140 Å². The van der Waals surface area contributed by atoms with Gasteiger partial charge in [0, 0.05) is 24.5 Å². The smallest absolute Gasteiger partial charge is 0.262 e. The molecule has 2 amide bonds. The number of amides is 2. The minimum absolute atomic E-state index is 0.0597. The van der Waals surface area contributed by atoms with Crippen molar-refractivity contribution in [2.45, 2.75) is 6.42 Å². The maximum atomic E-state index is 12.4. The van der Waals surface area contributed by atoms with E-state index in [0.717, 1.165) is 0 Å². The molecule has 2 aromatic rings. The van der Waals surface area contributed by atoms with E-state index in [-0.39, 0.29) is 18.4 Å². The number of hydrogen-bond acceptors (Lipinski definition) is 5. The third-order valence-electron chi connectivity index (χ3n) is 3.22. The van der Waals surface area contributed by atoms with E-state index in [0.29, 0.717) is 40.3 Å². The van der Waals surface area contributed by atoms with Gasteiger partial charge in [-0.2, -0.15) is 5.10 Å². The van der Waals surface area contributed by atoms with Gasteiger partial charge in [-0.05, 0) is 12.1 Å². The van der Waals surface area contributed by atoms with Crippen molar-refractivity contribution >= 4 is 33.4 Å². The van der Waals surface area contributed by atoms with Gasteiger partial charge in [0.1, 0.15) is 12.1 Å². The summed E-state index contributed by atoms with van der Waals surface area (Å²) in [5.41, 5.74) is 0.731. The average Bonchev–Trinajstić information content (AvgIpc) is 2.92. The van der Waals surface area contributed by atoms with Crippen LogP contribution in [0.1, 0.15) is 16.2 Å². The van der Waals surface area contributed by atoms with Crippen LogP contribution in [0.5, 0.6) is 5.75 Å². The van der Waals surface area contributed by atoms with Gasteiger partial charge in [0.05, 0.1) is 11.3 Å². The lowest BCUT2D eigenvalue weighted by Crippen LogP contribution is -2.31. The van der Waals surface area contributed by atoms with Crippen LogP contribution in [0.2, 0.25) is 0 Å². The zero-order chi connectivity index (χ0) is 16.4. The molecule has 3 rings (SSSR count). The lowest BCUT2D eigenvalue weighted by molar-refractivity contribution is -0.118. The minimum atomic E-state index is -0.302. The highest BCUT2D eigenvalue weighted by molar-refractivity contribution is 9.10. The summed E-state index contributed by atoms with van der Waals surface area (Å²) in [4.78, 5) is 28.0. The van der Waals surface area contributed by atoms with Crippen LogP contribution < -0.4 is 15.4 Å². The quantitative estimate of drug-likeness (QED) is 0.821. The zero-order valence-electron chi connectivity index (χ0n) is 12.3. The standard InChI is InChI=1S/C14H14BrN5O3/c1-20-7-17-11(19-20)2-3-16-14(22)9-4-8(15)5-10-13(9)18-12(21)6-23-10/h4-5,7H,2-3,6H2,1H3,(H,16,22)(H,18,21). The van der Waals surface area contributed by atoms with Crippen molar-refractivity contribution in [1.82, 2.24) is 20.1 Å². The summed E-state index contributed by atoms with van der Waals surface area (Å²) < 4.78 is 7.64. The molecule has 1 aromatic heterocycles. The molecular weight excluding hydrogens is 366 g/mol. The predicted octanol–water partition coefficient (Wildman–Crippen LogP) is 0.881. The fourth-order valence-electron chi connectivity index (χ4n) is 2.20. The SMILES string of the molecule is Cn1cnc(CCNC(=O)c2cc(Br)cc3c2NC(=O)CO3)n1. The third-order valence-corrected chi connectivity index (χ3v) is 3.67. The topological polar surface area (TPSA) is 98.1 Å². The number of ether oxygens (including phenoxy) is 1. The highest BCUT2D eigenvalue weighted by Gasteiger charge is 2.23. The van der Waals surface area contributed by atoms with Gasteiger partial charge in [0.2, 0.25) is 0 Å². The van der Waals surface area contributed by atoms with Crippen LogP contribution in [0, 0.1) is 0 Å². The molecular formula is C14H14BrN5O3. The van der Waals surface area contributed by atoms with Gasteiger partial charge in [-0.3, -0.25) is 14.3 Å². The minimum Gasteiger partial charge on any atom is -0.482 e. The molecule has 9 heteroatoms. The van der Waals surface area contributed by atoms with Crippen LogP contribution >= 0.6 is 15.9 Å². The monoisotopic (exact) mass is 379 g/mol. The van der Waals surface area contributed by atoms with Crippen molar-refractivity contribution in [3.05, 3.63) is 34.3 Å². The number of hydrogen-bond donors (Lipinski definition) is 2. The highest BCUT2D eigenvalue weighted by Crippen LogP contribution is 2.34. The van der Waals surface area contributed by atoms with E-state index < -0.39 is 0 Å². The van der Waals surface area contributed by atoms with Crippen LogP contribution in [0.25, 0.3) is 0 Å². The van der Waals surface area contributed by atoms with E-state index in [1.807, 2.05) is 0 Å². The lowest BCUT2D eigenvalue weighted by Gasteiger charge is -2.21. The number of benzene rings is 1. The molecule has 0 bridgehead atoms. The number of nitrogens with one attached hydrogen (secondary N) is 2. The number of nitrogens with zero attached hydrogens (tertiary/aromatic N) is 3. The summed E-state index contributed by atoms with van der Waals surface area (Å²) in [6.45, 7) is 0.328. The van der Waals surface area contributed by atoms with Crippen molar-refractivity contribution in [2.75, 3.05) is 18.5 Å². The molecule has 2 N–H and O–H groups in total. The number of rotatable bonds is 4. The van der Waals surface area contributed by atoms with Crippen LogP contribution in [-0.2, 0) is 18.3 Å². The first kappa shape index (κ1) is 15.5. The number of aryl methyl sites for hydroxylation is 1. The number of fused-ring (bicyclic) bond motifs is 1. The number of anilines is 1. The molecule has 0 unspecified atom stereocenters. The fourth-order valence-corrected chi connectivity index (χ4v) is 2.64. The van der Waals surface area contributed by atoms with Crippen LogP contribution in [0.3, 0.4) is 0 Å². The van der Waals surface area contributed by atoms with Crippen molar-refractivity contribution in [1.29, 1.82) is 0 Å². The summed E-state index contributed by atoms with van der Waals surface area (Å²) in [6.07, 6.45) is 2.13. The highest BCUT2D eigenvalue weighted by atomic mass is 79.9. The van der Waals surface area contributed by atoms with Gasteiger partial charge in [0.15, 0.2) is 12.4 Å². The van der Waals surface area contributed by atoms with E-state index in [2.05, 4.69) is 36.6 Å². The van der Waals surface area contributed by atoms with Gasteiger partial charge >= 0.3 is 0 Å². The maximum Gasteiger partial charge on any atom is 0.262 e. The van der Waals surface area contributed by atoms with E-state index in [4.69, 9.17) is 4.74 Å². The van der Waals surface area contributed by atoms with Crippen molar-refractivity contribution in [2.24, 2.45) is 7.05 Å². The Morgan fingerprint density at radius 1 is 1.52 bits per heavy atom. The predicted molar refractivity (Wildman–Crippen MR) is 85.3 cm³/mol. The molecule has 0 fully saturated rings. The molecule has 2 heterocycles. The number of aromatic nitrogens is 3. The molecule has 0 spiro atoms. The van der Waals surface area contributed by atoms with E-state index in [1.165, 1.54) is 0 Å². The summed E-state index contributed by atoms with van der Waals surface area (Å²) >= 11 is 3.34. The Balaban J connectivity index is 1.71. The van der Waals surface area contributed by atoms with Gasteiger partial charge in [-0.1, -0.05) is 15.9 Å². The van der Waals surface area contributed by atoms with Crippen LogP contribution in [0.4, 0.5) is 5.69 Å². The molecule has 0 radical (unpaired) electrons. The largest absolute Gasteiger partial charge is 0.482 e. The van der Waals surface area contributed by atoms with E-state index in [9.17, 15) is 9.59 Å². The first-order chi connectivity index (χ1) is 11.0. The molecule has 0 aliphatic carbocycles. The van der Waals surface area contributed by atoms with E-state index in [1.54, 1.807) is 30.2 Å². The Kier molecular flexibility index (Phi) is 4.28. The Morgan fingerprint density at radius 2 is 2.35 bits per heavy atom. The fraction of sp³-hybridized carbons (Fsp3) is 0.286. The van der Waals surface area contributed by atoms with Crippen molar-refractivity contribution < 1.29 is 14.3 Å². The molecule has 1 aliphatic heterocycles. The Hall–Kier alpha value is -2.42. The van der Waals surface area contributed by atoms with E-state index >= 15 is 0 Å². The molecule has 8 nitrogen and oxygen atoms in total. The second-order valence-electron chi connectivity index (χ2n) is 5.00. The molecule has 0 atom stereocenters. The summed E-state index contributed by atoms with van der Waals surface area (Å²) in [5.74, 6) is 0.534. The summed E-state index contributed by atoms with van der Waals surface area (Å²) in [6, 6.07) is 3.35. The Bertz CT molecular complexity index is 774. The first-order valence-corrected chi connectivity index (χ1v) is 7.71. The lowest BCUT2D eigenvalue weighted by atomic mass is 10.1.